The zero-order chi connectivity index (χ0) is 16.0. The lowest BCUT2D eigenvalue weighted by atomic mass is 9.80. The molecule has 0 saturated carbocycles. The number of hydrogen-bond acceptors (Lipinski definition) is 4. The summed E-state index contributed by atoms with van der Waals surface area (Å²) in [7, 11) is 2.08. The lowest BCUT2D eigenvalue weighted by molar-refractivity contribution is -0.114. The molecule has 0 aromatic heterocycles. The first-order chi connectivity index (χ1) is 10.5. The van der Waals surface area contributed by atoms with Gasteiger partial charge >= 0.3 is 0 Å². The van der Waals surface area contributed by atoms with Gasteiger partial charge in [-0.2, -0.15) is 0 Å². The second-order valence-electron chi connectivity index (χ2n) is 6.32. The zero-order valence-electron chi connectivity index (χ0n) is 13.5. The highest BCUT2D eigenvalue weighted by molar-refractivity contribution is 5.88. The Morgan fingerprint density at radius 2 is 1.95 bits per heavy atom. The van der Waals surface area contributed by atoms with Crippen molar-refractivity contribution in [1.82, 2.24) is 4.90 Å². The van der Waals surface area contributed by atoms with E-state index in [0.29, 0.717) is 0 Å². The van der Waals surface area contributed by atoms with Crippen LogP contribution in [0.2, 0.25) is 0 Å². The molecule has 1 aliphatic heterocycles. The van der Waals surface area contributed by atoms with Gasteiger partial charge in [0.25, 0.3) is 0 Å². The van der Waals surface area contributed by atoms with E-state index >= 15 is 0 Å². The number of nitrogens with one attached hydrogen (secondary N) is 1. The first-order valence-corrected chi connectivity index (χ1v) is 7.77. The summed E-state index contributed by atoms with van der Waals surface area (Å²) in [5, 5.41) is 12.5. The minimum Gasteiger partial charge on any atom is -0.396 e. The summed E-state index contributed by atoms with van der Waals surface area (Å²) in [5.74, 6) is -0.0609. The Morgan fingerprint density at radius 1 is 1.32 bits per heavy atom. The van der Waals surface area contributed by atoms with Crippen molar-refractivity contribution < 1.29 is 14.6 Å². The van der Waals surface area contributed by atoms with E-state index in [2.05, 4.69) is 17.3 Å². The molecular weight excluding hydrogens is 280 g/mol. The molecule has 0 bridgehead atoms. The Kier molecular flexibility index (Phi) is 5.94. The summed E-state index contributed by atoms with van der Waals surface area (Å²) in [4.78, 5) is 13.3. The van der Waals surface area contributed by atoms with Crippen molar-refractivity contribution in [3.8, 4) is 0 Å². The van der Waals surface area contributed by atoms with E-state index in [9.17, 15) is 9.90 Å². The number of anilines is 1. The maximum absolute atomic E-state index is 11.0. The summed E-state index contributed by atoms with van der Waals surface area (Å²) >= 11 is 0. The predicted octanol–water partition coefficient (Wildman–Crippen LogP) is 1.87. The van der Waals surface area contributed by atoms with Crippen molar-refractivity contribution in [1.29, 1.82) is 0 Å². The van der Waals surface area contributed by atoms with Gasteiger partial charge in [-0.3, -0.25) is 4.79 Å². The maximum Gasteiger partial charge on any atom is 0.221 e. The van der Waals surface area contributed by atoms with Crippen LogP contribution in [0, 0.1) is 5.41 Å². The van der Waals surface area contributed by atoms with Crippen LogP contribution in [0.15, 0.2) is 24.3 Å². The van der Waals surface area contributed by atoms with Gasteiger partial charge in [0.1, 0.15) is 0 Å². The summed E-state index contributed by atoms with van der Waals surface area (Å²) < 4.78 is 5.41. The van der Waals surface area contributed by atoms with Gasteiger partial charge in [0.15, 0.2) is 0 Å². The largest absolute Gasteiger partial charge is 0.396 e. The van der Waals surface area contributed by atoms with Crippen LogP contribution in [0.1, 0.15) is 25.3 Å². The average molecular weight is 306 g/mol. The average Bonchev–Trinajstić information content (AvgIpc) is 2.49. The molecule has 1 heterocycles. The van der Waals surface area contributed by atoms with Gasteiger partial charge in [0.2, 0.25) is 5.91 Å². The normalized spacial score (nSPS) is 17.5. The summed E-state index contributed by atoms with van der Waals surface area (Å²) in [6.07, 6.45) is 1.82. The van der Waals surface area contributed by atoms with Crippen LogP contribution in [0.3, 0.4) is 0 Å². The fourth-order valence-electron chi connectivity index (χ4n) is 3.01. The van der Waals surface area contributed by atoms with Crippen molar-refractivity contribution >= 4 is 11.6 Å². The van der Waals surface area contributed by atoms with E-state index in [4.69, 9.17) is 4.74 Å². The van der Waals surface area contributed by atoms with Crippen molar-refractivity contribution in [2.75, 3.05) is 38.7 Å². The van der Waals surface area contributed by atoms with Gasteiger partial charge in [-0.1, -0.05) is 12.1 Å². The molecule has 1 saturated heterocycles. The molecule has 1 aromatic carbocycles. The van der Waals surface area contributed by atoms with Crippen LogP contribution in [0.25, 0.3) is 0 Å². The monoisotopic (exact) mass is 306 g/mol. The second kappa shape index (κ2) is 7.72. The third-order valence-electron chi connectivity index (χ3n) is 4.22. The first-order valence-electron chi connectivity index (χ1n) is 7.77. The highest BCUT2D eigenvalue weighted by Crippen LogP contribution is 2.31. The van der Waals surface area contributed by atoms with E-state index in [0.717, 1.165) is 44.8 Å². The number of aliphatic hydroxyl groups is 1. The number of aliphatic hydroxyl groups excluding tert-OH is 1. The van der Waals surface area contributed by atoms with Crippen molar-refractivity contribution in [2.24, 2.45) is 5.41 Å². The second-order valence-corrected chi connectivity index (χ2v) is 6.32. The first kappa shape index (κ1) is 16.9. The highest BCUT2D eigenvalue weighted by Gasteiger charge is 2.33. The van der Waals surface area contributed by atoms with Gasteiger partial charge in [-0.25, -0.2) is 0 Å². The Hall–Kier alpha value is -1.43. The number of hydrogen-bond donors (Lipinski definition) is 2. The third-order valence-corrected chi connectivity index (χ3v) is 4.22. The summed E-state index contributed by atoms with van der Waals surface area (Å²) in [5.41, 5.74) is 1.97. The highest BCUT2D eigenvalue weighted by atomic mass is 16.5. The lowest BCUT2D eigenvalue weighted by Crippen LogP contribution is -2.42. The van der Waals surface area contributed by atoms with Gasteiger partial charge in [-0.05, 0) is 37.6 Å². The minimum absolute atomic E-state index is 0.0386. The fraction of sp³-hybridized carbons (Fsp3) is 0.588. The molecule has 1 amide bonds. The SMILES string of the molecule is CC(=O)Nc1ccc(CN(C)CC2(CO)CCOCC2)cc1. The molecule has 0 spiro atoms. The topological polar surface area (TPSA) is 61.8 Å². The smallest absolute Gasteiger partial charge is 0.221 e. The van der Waals surface area contributed by atoms with Crippen LogP contribution in [-0.2, 0) is 16.1 Å². The molecule has 5 nitrogen and oxygen atoms in total. The molecule has 22 heavy (non-hydrogen) atoms. The van der Waals surface area contributed by atoms with E-state index < -0.39 is 0 Å². The molecule has 5 heteroatoms. The number of nitrogens with zero attached hydrogens (tertiary/aromatic N) is 1. The lowest BCUT2D eigenvalue weighted by Gasteiger charge is -2.38. The standard InChI is InChI=1S/C17H26N2O3/c1-14(21)18-16-5-3-15(4-6-16)11-19(2)12-17(13-20)7-9-22-10-8-17/h3-6,20H,7-13H2,1-2H3,(H,18,21). The Balaban J connectivity index is 1.90. The molecule has 1 fully saturated rings. The van der Waals surface area contributed by atoms with E-state index in [-0.39, 0.29) is 17.9 Å². The maximum atomic E-state index is 11.0. The van der Waals surface area contributed by atoms with Crippen molar-refractivity contribution in [2.45, 2.75) is 26.3 Å². The number of amides is 1. The van der Waals surface area contributed by atoms with Gasteiger partial charge < -0.3 is 20.1 Å². The van der Waals surface area contributed by atoms with E-state index in [1.165, 1.54) is 12.5 Å². The number of benzene rings is 1. The number of carbonyl (C=O) groups excluding carboxylic acids is 1. The molecule has 0 radical (unpaired) electrons. The van der Waals surface area contributed by atoms with Gasteiger partial charge in [0, 0.05) is 44.3 Å². The Bertz CT molecular complexity index is 481. The molecular formula is C17H26N2O3. The molecule has 1 aromatic rings. The summed E-state index contributed by atoms with van der Waals surface area (Å²) in [6.45, 7) is 4.87. The van der Waals surface area contributed by atoms with Crippen LogP contribution in [-0.4, -0.2) is 49.3 Å². The van der Waals surface area contributed by atoms with Crippen LogP contribution < -0.4 is 5.32 Å². The molecule has 0 aliphatic carbocycles. The van der Waals surface area contributed by atoms with Crippen molar-refractivity contribution in [3.63, 3.8) is 0 Å². The molecule has 1 aliphatic rings. The molecule has 2 rings (SSSR count). The molecule has 0 unspecified atom stereocenters. The Morgan fingerprint density at radius 3 is 2.50 bits per heavy atom. The van der Waals surface area contributed by atoms with E-state index in [1.54, 1.807) is 0 Å². The number of ether oxygens (including phenoxy) is 1. The van der Waals surface area contributed by atoms with Crippen molar-refractivity contribution in [3.05, 3.63) is 29.8 Å². The van der Waals surface area contributed by atoms with Crippen LogP contribution in [0.4, 0.5) is 5.69 Å². The quantitative estimate of drug-likeness (QED) is 0.842. The van der Waals surface area contributed by atoms with Gasteiger partial charge in [0.05, 0.1) is 6.61 Å². The Labute approximate surface area is 132 Å². The van der Waals surface area contributed by atoms with E-state index in [1.807, 2.05) is 24.3 Å². The number of rotatable bonds is 6. The summed E-state index contributed by atoms with van der Waals surface area (Å²) in [6, 6.07) is 7.89. The van der Waals surface area contributed by atoms with Crippen LogP contribution in [0.5, 0.6) is 0 Å². The molecule has 2 N–H and O–H groups in total. The number of carbonyl (C=O) groups is 1. The molecule has 122 valence electrons. The molecule has 0 atom stereocenters. The fourth-order valence-corrected chi connectivity index (χ4v) is 3.01. The zero-order valence-corrected chi connectivity index (χ0v) is 13.5. The van der Waals surface area contributed by atoms with Crippen LogP contribution >= 0.6 is 0 Å². The third kappa shape index (κ3) is 4.80. The van der Waals surface area contributed by atoms with Gasteiger partial charge in [-0.15, -0.1) is 0 Å². The predicted molar refractivity (Wildman–Crippen MR) is 86.7 cm³/mol. The minimum atomic E-state index is -0.0609.